The van der Waals surface area contributed by atoms with Crippen LogP contribution in [0.5, 0.6) is 11.5 Å². The van der Waals surface area contributed by atoms with E-state index in [1.807, 2.05) is 78.9 Å². The summed E-state index contributed by atoms with van der Waals surface area (Å²) in [5.41, 5.74) is 2.40. The Kier molecular flexibility index (Phi) is 4.66. The second-order valence-corrected chi connectivity index (χ2v) is 6.33. The molecule has 0 saturated carbocycles. The minimum Gasteiger partial charge on any atom is -0.481 e. The van der Waals surface area contributed by atoms with Gasteiger partial charge in [0.05, 0.1) is 6.04 Å². The van der Waals surface area contributed by atoms with E-state index in [0.717, 1.165) is 16.8 Å². The van der Waals surface area contributed by atoms with E-state index in [9.17, 15) is 9.90 Å². The van der Waals surface area contributed by atoms with Crippen molar-refractivity contribution in [1.82, 2.24) is 0 Å². The van der Waals surface area contributed by atoms with Crippen molar-refractivity contribution in [2.45, 2.75) is 12.0 Å². The van der Waals surface area contributed by atoms with Crippen molar-refractivity contribution >= 4 is 11.7 Å². The fraction of sp³-hybridized carbons (Fsp3) is 0.136. The monoisotopic (exact) mass is 361 g/mol. The van der Waals surface area contributed by atoms with E-state index in [0.29, 0.717) is 11.5 Å². The molecule has 0 saturated heterocycles. The summed E-state index contributed by atoms with van der Waals surface area (Å²) in [6.07, 6.45) is 0. The summed E-state index contributed by atoms with van der Waals surface area (Å²) in [5, 5.41) is 13.4. The first-order valence-corrected chi connectivity index (χ1v) is 8.71. The first-order chi connectivity index (χ1) is 13.2. The lowest BCUT2D eigenvalue weighted by Crippen LogP contribution is -2.26. The molecule has 2 unspecified atom stereocenters. The minimum atomic E-state index is -0.896. The van der Waals surface area contributed by atoms with Crippen molar-refractivity contribution in [3.05, 3.63) is 90.0 Å². The molecule has 0 amide bonds. The van der Waals surface area contributed by atoms with Crippen LogP contribution in [0.15, 0.2) is 78.9 Å². The van der Waals surface area contributed by atoms with Crippen LogP contribution in [0.4, 0.5) is 5.69 Å². The Bertz CT molecular complexity index is 928. The van der Waals surface area contributed by atoms with Crippen molar-refractivity contribution in [2.24, 2.45) is 0 Å². The molecule has 0 fully saturated rings. The number of carboxylic acids is 1. The van der Waals surface area contributed by atoms with Crippen LogP contribution in [0.1, 0.15) is 23.1 Å². The maximum Gasteiger partial charge on any atom is 0.313 e. The molecule has 0 radical (unpaired) electrons. The largest absolute Gasteiger partial charge is 0.481 e. The number of hydrogen-bond donors (Lipinski definition) is 2. The van der Waals surface area contributed by atoms with Crippen LogP contribution < -0.4 is 14.8 Å². The summed E-state index contributed by atoms with van der Waals surface area (Å²) in [6.45, 7) is 0.177. The van der Waals surface area contributed by atoms with Gasteiger partial charge in [-0.3, -0.25) is 4.79 Å². The van der Waals surface area contributed by atoms with Gasteiger partial charge >= 0.3 is 5.97 Å². The van der Waals surface area contributed by atoms with Gasteiger partial charge in [-0.1, -0.05) is 54.6 Å². The number of carboxylic acid groups (broad SMARTS) is 1. The van der Waals surface area contributed by atoms with Crippen molar-refractivity contribution in [2.75, 3.05) is 12.1 Å². The summed E-state index contributed by atoms with van der Waals surface area (Å²) in [5.74, 6) is -0.368. The lowest BCUT2D eigenvalue weighted by Gasteiger charge is -2.27. The summed E-state index contributed by atoms with van der Waals surface area (Å²) in [7, 11) is 0. The van der Waals surface area contributed by atoms with E-state index in [2.05, 4.69) is 5.32 Å². The number of fused-ring (bicyclic) bond motifs is 1. The number of para-hydroxylation sites is 1. The Balaban J connectivity index is 1.78. The number of hydrogen-bond acceptors (Lipinski definition) is 4. The predicted octanol–water partition coefficient (Wildman–Crippen LogP) is 4.44. The van der Waals surface area contributed by atoms with Crippen LogP contribution in [0.25, 0.3) is 0 Å². The van der Waals surface area contributed by atoms with Gasteiger partial charge in [0, 0.05) is 5.69 Å². The average Bonchev–Trinajstić information content (AvgIpc) is 3.17. The average molecular weight is 361 g/mol. The molecular formula is C22H19NO4. The van der Waals surface area contributed by atoms with Crippen LogP contribution in [0.2, 0.25) is 0 Å². The van der Waals surface area contributed by atoms with Crippen LogP contribution in [-0.2, 0) is 4.79 Å². The molecule has 3 aromatic carbocycles. The van der Waals surface area contributed by atoms with Gasteiger partial charge in [-0.2, -0.15) is 0 Å². The quantitative estimate of drug-likeness (QED) is 0.679. The van der Waals surface area contributed by atoms with Crippen LogP contribution in [0, 0.1) is 0 Å². The molecule has 1 heterocycles. The third-order valence-corrected chi connectivity index (χ3v) is 4.61. The van der Waals surface area contributed by atoms with Gasteiger partial charge in [-0.05, 0) is 35.4 Å². The normalized spacial score (nSPS) is 14.4. The smallest absolute Gasteiger partial charge is 0.313 e. The fourth-order valence-corrected chi connectivity index (χ4v) is 3.32. The number of ether oxygens (including phenoxy) is 2. The SMILES string of the molecule is O=C(O)C(c1ccccc1)C(Nc1ccccc1)c1ccc2c(c1)OCO2. The molecule has 5 heteroatoms. The summed E-state index contributed by atoms with van der Waals surface area (Å²) >= 11 is 0. The first kappa shape index (κ1) is 17.0. The molecule has 27 heavy (non-hydrogen) atoms. The summed E-state index contributed by atoms with van der Waals surface area (Å²) in [6, 6.07) is 23.9. The molecule has 0 aromatic heterocycles. The van der Waals surface area contributed by atoms with E-state index in [4.69, 9.17) is 9.47 Å². The molecule has 5 nitrogen and oxygen atoms in total. The molecule has 0 spiro atoms. The Morgan fingerprint density at radius 2 is 1.52 bits per heavy atom. The third-order valence-electron chi connectivity index (χ3n) is 4.61. The van der Waals surface area contributed by atoms with Gasteiger partial charge in [0.2, 0.25) is 6.79 Å². The zero-order valence-electron chi connectivity index (χ0n) is 14.5. The molecule has 1 aliphatic rings. The van der Waals surface area contributed by atoms with Crippen molar-refractivity contribution in [3.63, 3.8) is 0 Å². The van der Waals surface area contributed by atoms with Crippen molar-refractivity contribution in [3.8, 4) is 11.5 Å². The Morgan fingerprint density at radius 1 is 0.852 bits per heavy atom. The number of carbonyl (C=O) groups is 1. The van der Waals surface area contributed by atoms with Crippen molar-refractivity contribution in [1.29, 1.82) is 0 Å². The number of anilines is 1. The van der Waals surface area contributed by atoms with E-state index in [1.165, 1.54) is 0 Å². The third kappa shape index (κ3) is 3.58. The fourth-order valence-electron chi connectivity index (χ4n) is 3.32. The highest BCUT2D eigenvalue weighted by Gasteiger charge is 2.32. The standard InChI is InChI=1S/C22H19NO4/c24-22(25)20(15-7-3-1-4-8-15)21(23-17-9-5-2-6-10-17)16-11-12-18-19(13-16)27-14-26-18/h1-13,20-21,23H,14H2,(H,24,25). The number of benzene rings is 3. The number of aliphatic carboxylic acids is 1. The van der Waals surface area contributed by atoms with Crippen LogP contribution in [0.3, 0.4) is 0 Å². The minimum absolute atomic E-state index is 0.177. The van der Waals surface area contributed by atoms with Crippen LogP contribution >= 0.6 is 0 Å². The number of rotatable bonds is 6. The zero-order valence-corrected chi connectivity index (χ0v) is 14.5. The molecule has 136 valence electrons. The van der Waals surface area contributed by atoms with E-state index in [-0.39, 0.29) is 6.79 Å². The van der Waals surface area contributed by atoms with Crippen molar-refractivity contribution < 1.29 is 19.4 Å². The highest BCUT2D eigenvalue weighted by Crippen LogP contribution is 2.39. The molecule has 3 aromatic rings. The molecular weight excluding hydrogens is 342 g/mol. The summed E-state index contributed by atoms with van der Waals surface area (Å²) in [4.78, 5) is 12.2. The maximum absolute atomic E-state index is 12.2. The Morgan fingerprint density at radius 3 is 2.22 bits per heavy atom. The second-order valence-electron chi connectivity index (χ2n) is 6.33. The van der Waals surface area contributed by atoms with Gasteiger partial charge in [0.25, 0.3) is 0 Å². The lowest BCUT2D eigenvalue weighted by molar-refractivity contribution is -0.139. The van der Waals surface area contributed by atoms with E-state index in [1.54, 1.807) is 0 Å². The van der Waals surface area contributed by atoms with Gasteiger partial charge in [0.1, 0.15) is 5.92 Å². The lowest BCUT2D eigenvalue weighted by atomic mass is 9.86. The molecule has 1 aliphatic heterocycles. The second kappa shape index (κ2) is 7.41. The summed E-state index contributed by atoms with van der Waals surface area (Å²) < 4.78 is 10.9. The van der Waals surface area contributed by atoms with Gasteiger partial charge in [0.15, 0.2) is 11.5 Å². The Hall–Kier alpha value is -3.47. The Labute approximate surface area is 157 Å². The van der Waals surface area contributed by atoms with Gasteiger partial charge < -0.3 is 19.9 Å². The predicted molar refractivity (Wildman–Crippen MR) is 102 cm³/mol. The molecule has 4 rings (SSSR count). The molecule has 2 N–H and O–H groups in total. The number of nitrogens with one attached hydrogen (secondary N) is 1. The van der Waals surface area contributed by atoms with Crippen LogP contribution in [-0.4, -0.2) is 17.9 Å². The molecule has 0 aliphatic carbocycles. The van der Waals surface area contributed by atoms with Gasteiger partial charge in [-0.25, -0.2) is 0 Å². The van der Waals surface area contributed by atoms with Gasteiger partial charge in [-0.15, -0.1) is 0 Å². The molecule has 0 bridgehead atoms. The highest BCUT2D eigenvalue weighted by atomic mass is 16.7. The topological polar surface area (TPSA) is 67.8 Å². The highest BCUT2D eigenvalue weighted by molar-refractivity contribution is 5.78. The molecule has 2 atom stereocenters. The van der Waals surface area contributed by atoms with E-state index >= 15 is 0 Å². The maximum atomic E-state index is 12.2. The zero-order chi connectivity index (χ0) is 18.6. The first-order valence-electron chi connectivity index (χ1n) is 8.71. The van der Waals surface area contributed by atoms with E-state index < -0.39 is 17.9 Å².